The number of benzene rings is 2. The van der Waals surface area contributed by atoms with Crippen LogP contribution in [0.15, 0.2) is 60.9 Å². The van der Waals surface area contributed by atoms with Crippen LogP contribution in [-0.2, 0) is 22.7 Å². The molecule has 0 atom stereocenters. The first kappa shape index (κ1) is 24.3. The Balaban J connectivity index is 1.40. The van der Waals surface area contributed by atoms with E-state index >= 15 is 0 Å². The summed E-state index contributed by atoms with van der Waals surface area (Å²) in [6.07, 6.45) is 3.59. The van der Waals surface area contributed by atoms with E-state index in [0.717, 1.165) is 11.1 Å². The number of hydrogen-bond donors (Lipinski definition) is 2. The Morgan fingerprint density at radius 1 is 1.00 bits per heavy atom. The smallest absolute Gasteiger partial charge is 0.253 e. The van der Waals surface area contributed by atoms with E-state index in [9.17, 15) is 14.4 Å². The quantitative estimate of drug-likeness (QED) is 0.484. The second-order valence-electron chi connectivity index (χ2n) is 7.37. The average Bonchev–Trinajstić information content (AvgIpc) is 3.23. The number of amides is 3. The molecule has 0 fully saturated rings. The Labute approximate surface area is 201 Å². The van der Waals surface area contributed by atoms with Gasteiger partial charge in [0.2, 0.25) is 11.8 Å². The van der Waals surface area contributed by atoms with Gasteiger partial charge in [-0.25, -0.2) is 0 Å². The lowest BCUT2D eigenvalue weighted by atomic mass is 10.2. The normalized spacial score (nSPS) is 10.5. The fraction of sp³-hybridized carbons (Fsp3) is 0.217. The summed E-state index contributed by atoms with van der Waals surface area (Å²) < 4.78 is 1.81. The first-order valence-corrected chi connectivity index (χ1v) is 10.9. The Kier molecular flexibility index (Phi) is 8.46. The van der Waals surface area contributed by atoms with Crippen LogP contribution in [0, 0.1) is 0 Å². The van der Waals surface area contributed by atoms with Gasteiger partial charge in [0.05, 0.1) is 36.4 Å². The zero-order valence-corrected chi connectivity index (χ0v) is 19.4. The molecule has 0 radical (unpaired) electrons. The maximum atomic E-state index is 12.4. The zero-order valence-electron chi connectivity index (χ0n) is 17.9. The van der Waals surface area contributed by atoms with Crippen LogP contribution >= 0.6 is 23.2 Å². The fourth-order valence-electron chi connectivity index (χ4n) is 3.01. The van der Waals surface area contributed by atoms with E-state index in [1.807, 2.05) is 36.5 Å². The lowest BCUT2D eigenvalue weighted by Gasteiger charge is -2.16. The predicted molar refractivity (Wildman–Crippen MR) is 126 cm³/mol. The van der Waals surface area contributed by atoms with Crippen molar-refractivity contribution in [1.82, 2.24) is 25.3 Å². The molecular weight excluding hydrogens is 465 g/mol. The molecule has 172 valence electrons. The molecule has 1 heterocycles. The first-order valence-electron chi connectivity index (χ1n) is 10.1. The van der Waals surface area contributed by atoms with E-state index in [1.54, 1.807) is 17.9 Å². The number of carbonyl (C=O) groups excluding carboxylic acids is 3. The average molecular weight is 488 g/mol. The zero-order chi connectivity index (χ0) is 23.8. The van der Waals surface area contributed by atoms with Gasteiger partial charge in [0.1, 0.15) is 0 Å². The molecule has 0 bridgehead atoms. The Hall–Kier alpha value is -3.36. The van der Waals surface area contributed by atoms with Gasteiger partial charge in [-0.15, -0.1) is 0 Å². The van der Waals surface area contributed by atoms with E-state index in [4.69, 9.17) is 23.2 Å². The third-order valence-electron chi connectivity index (χ3n) is 4.74. The van der Waals surface area contributed by atoms with Crippen LogP contribution < -0.4 is 10.6 Å². The SMILES string of the molecule is CN(Cc1cnn(Cc2ccccc2)c1)C(=O)CNC(=O)CNC(=O)c1ccc(Cl)cc1Cl. The molecule has 33 heavy (non-hydrogen) atoms. The molecule has 0 spiro atoms. The molecular formula is C23H23Cl2N5O3. The summed E-state index contributed by atoms with van der Waals surface area (Å²) >= 11 is 11.8. The summed E-state index contributed by atoms with van der Waals surface area (Å²) in [6, 6.07) is 14.4. The van der Waals surface area contributed by atoms with Crippen LogP contribution in [-0.4, -0.2) is 52.5 Å². The van der Waals surface area contributed by atoms with Crippen molar-refractivity contribution >= 4 is 40.9 Å². The molecule has 3 rings (SSSR count). The molecule has 0 saturated heterocycles. The molecule has 2 N–H and O–H groups in total. The van der Waals surface area contributed by atoms with Crippen LogP contribution in [0.2, 0.25) is 10.0 Å². The van der Waals surface area contributed by atoms with Gasteiger partial charge < -0.3 is 15.5 Å². The molecule has 0 aliphatic heterocycles. The van der Waals surface area contributed by atoms with Crippen molar-refractivity contribution in [1.29, 1.82) is 0 Å². The molecule has 0 unspecified atom stereocenters. The Morgan fingerprint density at radius 2 is 1.76 bits per heavy atom. The number of halogens is 2. The summed E-state index contributed by atoms with van der Waals surface area (Å²) in [4.78, 5) is 38.0. The van der Waals surface area contributed by atoms with Gasteiger partial charge in [0.25, 0.3) is 5.91 Å². The fourth-order valence-corrected chi connectivity index (χ4v) is 3.50. The van der Waals surface area contributed by atoms with Gasteiger partial charge in [-0.3, -0.25) is 19.1 Å². The van der Waals surface area contributed by atoms with Crippen LogP contribution in [0.5, 0.6) is 0 Å². The summed E-state index contributed by atoms with van der Waals surface area (Å²) in [5.74, 6) is -1.28. The van der Waals surface area contributed by atoms with Crippen molar-refractivity contribution < 1.29 is 14.4 Å². The van der Waals surface area contributed by atoms with Gasteiger partial charge in [-0.1, -0.05) is 53.5 Å². The number of nitrogens with zero attached hydrogens (tertiary/aromatic N) is 3. The van der Waals surface area contributed by atoms with Crippen molar-refractivity contribution in [3.63, 3.8) is 0 Å². The van der Waals surface area contributed by atoms with E-state index in [0.29, 0.717) is 18.1 Å². The van der Waals surface area contributed by atoms with Crippen LogP contribution in [0.4, 0.5) is 0 Å². The number of rotatable bonds is 9. The third kappa shape index (κ3) is 7.34. The monoisotopic (exact) mass is 487 g/mol. The summed E-state index contributed by atoms with van der Waals surface area (Å²) in [5.41, 5.74) is 2.21. The predicted octanol–water partition coefficient (Wildman–Crippen LogP) is 2.74. The summed E-state index contributed by atoms with van der Waals surface area (Å²) in [5, 5.41) is 9.87. The number of nitrogens with one attached hydrogen (secondary N) is 2. The van der Waals surface area contributed by atoms with E-state index < -0.39 is 11.8 Å². The van der Waals surface area contributed by atoms with Crippen molar-refractivity contribution in [3.05, 3.63) is 87.7 Å². The lowest BCUT2D eigenvalue weighted by molar-refractivity contribution is -0.132. The highest BCUT2D eigenvalue weighted by Gasteiger charge is 2.14. The minimum atomic E-state index is -0.511. The molecule has 1 aromatic heterocycles. The molecule has 8 nitrogen and oxygen atoms in total. The molecule has 3 aromatic rings. The van der Waals surface area contributed by atoms with Crippen LogP contribution in [0.1, 0.15) is 21.5 Å². The summed E-state index contributed by atoms with van der Waals surface area (Å²) in [6.45, 7) is 0.517. The van der Waals surface area contributed by atoms with E-state index in [1.165, 1.54) is 23.1 Å². The molecule has 0 aliphatic carbocycles. The number of likely N-dealkylation sites (N-methyl/N-ethyl adjacent to an activating group) is 1. The Morgan fingerprint density at radius 3 is 2.48 bits per heavy atom. The number of aromatic nitrogens is 2. The standard InChI is InChI=1S/C23H23Cl2N5O3/c1-29(13-17-10-28-30(15-17)14-16-5-3-2-4-6-16)22(32)12-26-21(31)11-27-23(33)19-8-7-18(24)9-20(19)25/h2-10,15H,11-14H2,1H3,(H,26,31)(H,27,33). The topological polar surface area (TPSA) is 96.3 Å². The Bertz CT molecular complexity index is 1130. The molecule has 3 amide bonds. The molecule has 2 aromatic carbocycles. The lowest BCUT2D eigenvalue weighted by Crippen LogP contribution is -2.42. The van der Waals surface area contributed by atoms with E-state index in [-0.39, 0.29) is 29.6 Å². The summed E-state index contributed by atoms with van der Waals surface area (Å²) in [7, 11) is 1.65. The second kappa shape index (κ2) is 11.5. The van der Waals surface area contributed by atoms with Crippen molar-refractivity contribution in [2.45, 2.75) is 13.1 Å². The largest absolute Gasteiger partial charge is 0.345 e. The van der Waals surface area contributed by atoms with Crippen molar-refractivity contribution in [2.75, 3.05) is 20.1 Å². The van der Waals surface area contributed by atoms with Gasteiger partial charge in [-0.2, -0.15) is 5.10 Å². The van der Waals surface area contributed by atoms with Crippen LogP contribution in [0.3, 0.4) is 0 Å². The highest BCUT2D eigenvalue weighted by Crippen LogP contribution is 2.20. The van der Waals surface area contributed by atoms with Gasteiger partial charge in [0, 0.05) is 30.4 Å². The minimum absolute atomic E-state index is 0.185. The van der Waals surface area contributed by atoms with E-state index in [2.05, 4.69) is 15.7 Å². The maximum Gasteiger partial charge on any atom is 0.253 e. The van der Waals surface area contributed by atoms with Crippen molar-refractivity contribution in [3.8, 4) is 0 Å². The highest BCUT2D eigenvalue weighted by atomic mass is 35.5. The first-order chi connectivity index (χ1) is 15.8. The van der Waals surface area contributed by atoms with Crippen molar-refractivity contribution in [2.24, 2.45) is 0 Å². The van der Waals surface area contributed by atoms with Gasteiger partial charge >= 0.3 is 0 Å². The molecule has 0 aliphatic rings. The minimum Gasteiger partial charge on any atom is -0.345 e. The number of carbonyl (C=O) groups is 3. The second-order valence-corrected chi connectivity index (χ2v) is 8.21. The maximum absolute atomic E-state index is 12.4. The molecule has 0 saturated carbocycles. The van der Waals surface area contributed by atoms with Gasteiger partial charge in [0.15, 0.2) is 0 Å². The number of hydrogen-bond acceptors (Lipinski definition) is 4. The van der Waals surface area contributed by atoms with Crippen LogP contribution in [0.25, 0.3) is 0 Å². The van der Waals surface area contributed by atoms with Gasteiger partial charge in [-0.05, 0) is 23.8 Å². The highest BCUT2D eigenvalue weighted by molar-refractivity contribution is 6.36. The third-order valence-corrected chi connectivity index (χ3v) is 5.29. The molecule has 10 heteroatoms.